The topological polar surface area (TPSA) is 63.6 Å². The molecule has 0 amide bonds. The van der Waals surface area contributed by atoms with E-state index in [-0.39, 0.29) is 12.4 Å². The lowest BCUT2D eigenvalue weighted by Gasteiger charge is -2.29. The van der Waals surface area contributed by atoms with Crippen molar-refractivity contribution in [3.8, 4) is 0 Å². The molecule has 1 saturated carbocycles. The SMILES string of the molecule is CC(C)(C)OC(=O)CCC1CCC[C@@H](CCC(=O)O)C1. The zero-order valence-corrected chi connectivity index (χ0v) is 13.0. The zero-order valence-electron chi connectivity index (χ0n) is 13.0. The lowest BCUT2D eigenvalue weighted by molar-refractivity contribution is -0.155. The summed E-state index contributed by atoms with van der Waals surface area (Å²) in [6.45, 7) is 5.65. The minimum atomic E-state index is -0.708. The average molecular weight is 284 g/mol. The molecule has 0 aromatic heterocycles. The van der Waals surface area contributed by atoms with Crippen molar-refractivity contribution in [1.29, 1.82) is 0 Å². The van der Waals surface area contributed by atoms with Gasteiger partial charge in [0.1, 0.15) is 5.60 Å². The zero-order chi connectivity index (χ0) is 15.2. The largest absolute Gasteiger partial charge is 0.481 e. The van der Waals surface area contributed by atoms with Crippen LogP contribution in [0.3, 0.4) is 0 Å². The third-order valence-electron chi connectivity index (χ3n) is 3.83. The van der Waals surface area contributed by atoms with Crippen LogP contribution in [0.2, 0.25) is 0 Å². The minimum absolute atomic E-state index is 0.120. The van der Waals surface area contributed by atoms with Crippen LogP contribution < -0.4 is 0 Å². The molecule has 4 heteroatoms. The molecule has 1 unspecified atom stereocenters. The minimum Gasteiger partial charge on any atom is -0.481 e. The van der Waals surface area contributed by atoms with E-state index in [4.69, 9.17) is 9.84 Å². The Bertz CT molecular complexity index is 330. The first-order chi connectivity index (χ1) is 9.26. The summed E-state index contributed by atoms with van der Waals surface area (Å²) in [5, 5.41) is 8.73. The van der Waals surface area contributed by atoms with E-state index in [0.29, 0.717) is 18.3 Å². The molecule has 2 atom stereocenters. The molecule has 20 heavy (non-hydrogen) atoms. The van der Waals surface area contributed by atoms with Gasteiger partial charge in [0.15, 0.2) is 0 Å². The van der Waals surface area contributed by atoms with Gasteiger partial charge >= 0.3 is 11.9 Å². The molecular weight excluding hydrogens is 256 g/mol. The number of rotatable bonds is 6. The Morgan fingerprint density at radius 3 is 2.15 bits per heavy atom. The summed E-state index contributed by atoms with van der Waals surface area (Å²) in [6.07, 6.45) is 6.91. The van der Waals surface area contributed by atoms with Gasteiger partial charge in [0, 0.05) is 12.8 Å². The fraction of sp³-hybridized carbons (Fsp3) is 0.875. The molecule has 1 N–H and O–H groups in total. The van der Waals surface area contributed by atoms with Crippen molar-refractivity contribution in [2.75, 3.05) is 0 Å². The molecule has 1 fully saturated rings. The van der Waals surface area contributed by atoms with Gasteiger partial charge in [-0.15, -0.1) is 0 Å². The number of carboxylic acid groups (broad SMARTS) is 1. The van der Waals surface area contributed by atoms with Gasteiger partial charge in [-0.25, -0.2) is 0 Å². The van der Waals surface area contributed by atoms with Crippen molar-refractivity contribution >= 4 is 11.9 Å². The Labute approximate surface area is 121 Å². The Morgan fingerprint density at radius 1 is 1.10 bits per heavy atom. The highest BCUT2D eigenvalue weighted by Crippen LogP contribution is 2.34. The second-order valence-corrected chi connectivity index (χ2v) is 6.96. The Kier molecular flexibility index (Phi) is 6.50. The number of carbonyl (C=O) groups is 2. The number of ether oxygens (including phenoxy) is 1. The summed E-state index contributed by atoms with van der Waals surface area (Å²) >= 11 is 0. The fourth-order valence-electron chi connectivity index (χ4n) is 2.97. The highest BCUT2D eigenvalue weighted by molar-refractivity contribution is 5.69. The van der Waals surface area contributed by atoms with E-state index >= 15 is 0 Å². The van der Waals surface area contributed by atoms with Crippen molar-refractivity contribution in [2.24, 2.45) is 11.8 Å². The van der Waals surface area contributed by atoms with Crippen molar-refractivity contribution in [3.63, 3.8) is 0 Å². The van der Waals surface area contributed by atoms with E-state index in [2.05, 4.69) is 0 Å². The second kappa shape index (κ2) is 7.65. The molecule has 0 aromatic carbocycles. The smallest absolute Gasteiger partial charge is 0.306 e. The van der Waals surface area contributed by atoms with Gasteiger partial charge in [0.2, 0.25) is 0 Å². The third-order valence-corrected chi connectivity index (χ3v) is 3.83. The molecule has 1 aliphatic rings. The van der Waals surface area contributed by atoms with Gasteiger partial charge in [0.25, 0.3) is 0 Å². The first-order valence-corrected chi connectivity index (χ1v) is 7.70. The van der Waals surface area contributed by atoms with Crippen molar-refractivity contribution in [1.82, 2.24) is 0 Å². The van der Waals surface area contributed by atoms with Crippen molar-refractivity contribution in [2.45, 2.75) is 77.7 Å². The summed E-state index contributed by atoms with van der Waals surface area (Å²) in [4.78, 5) is 22.3. The van der Waals surface area contributed by atoms with Crippen LogP contribution in [-0.2, 0) is 14.3 Å². The highest BCUT2D eigenvalue weighted by atomic mass is 16.6. The van der Waals surface area contributed by atoms with E-state index in [1.807, 2.05) is 20.8 Å². The first kappa shape index (κ1) is 17.0. The van der Waals surface area contributed by atoms with Crippen LogP contribution in [0.5, 0.6) is 0 Å². The maximum absolute atomic E-state index is 11.7. The van der Waals surface area contributed by atoms with E-state index < -0.39 is 11.6 Å². The van der Waals surface area contributed by atoms with E-state index in [0.717, 1.165) is 38.5 Å². The predicted octanol–water partition coefficient (Wildman–Crippen LogP) is 3.78. The van der Waals surface area contributed by atoms with Crippen LogP contribution in [0.15, 0.2) is 0 Å². The Hall–Kier alpha value is -1.06. The lowest BCUT2D eigenvalue weighted by atomic mass is 9.77. The molecule has 0 bridgehead atoms. The van der Waals surface area contributed by atoms with E-state index in [1.165, 1.54) is 0 Å². The molecule has 0 aliphatic heterocycles. The quantitative estimate of drug-likeness (QED) is 0.754. The average Bonchev–Trinajstić information content (AvgIpc) is 2.32. The summed E-state index contributed by atoms with van der Waals surface area (Å²) in [6, 6.07) is 0. The molecule has 0 aromatic rings. The van der Waals surface area contributed by atoms with Crippen LogP contribution in [0.25, 0.3) is 0 Å². The Morgan fingerprint density at radius 2 is 1.65 bits per heavy atom. The summed E-state index contributed by atoms with van der Waals surface area (Å²) in [5.74, 6) is 0.240. The molecular formula is C16H28O4. The summed E-state index contributed by atoms with van der Waals surface area (Å²) in [7, 11) is 0. The first-order valence-electron chi connectivity index (χ1n) is 7.70. The molecule has 0 heterocycles. The van der Waals surface area contributed by atoms with E-state index in [9.17, 15) is 9.59 Å². The molecule has 1 rings (SSSR count). The number of esters is 1. The maximum Gasteiger partial charge on any atom is 0.306 e. The van der Waals surface area contributed by atoms with Gasteiger partial charge in [-0.3, -0.25) is 9.59 Å². The third kappa shape index (κ3) is 7.51. The second-order valence-electron chi connectivity index (χ2n) is 6.96. The molecule has 116 valence electrons. The van der Waals surface area contributed by atoms with Crippen LogP contribution in [-0.4, -0.2) is 22.6 Å². The number of hydrogen-bond acceptors (Lipinski definition) is 3. The molecule has 0 saturated heterocycles. The molecule has 1 aliphatic carbocycles. The van der Waals surface area contributed by atoms with Crippen LogP contribution in [0.4, 0.5) is 0 Å². The number of aliphatic carboxylic acids is 1. The number of carboxylic acids is 1. The predicted molar refractivity (Wildman–Crippen MR) is 77.4 cm³/mol. The maximum atomic E-state index is 11.7. The van der Waals surface area contributed by atoms with Crippen molar-refractivity contribution < 1.29 is 19.4 Å². The van der Waals surface area contributed by atoms with Crippen LogP contribution in [0, 0.1) is 11.8 Å². The van der Waals surface area contributed by atoms with Gasteiger partial charge in [-0.1, -0.05) is 19.3 Å². The van der Waals surface area contributed by atoms with Gasteiger partial charge < -0.3 is 9.84 Å². The van der Waals surface area contributed by atoms with E-state index in [1.54, 1.807) is 0 Å². The van der Waals surface area contributed by atoms with Gasteiger partial charge in [-0.05, 0) is 51.9 Å². The summed E-state index contributed by atoms with van der Waals surface area (Å²) in [5.41, 5.74) is -0.409. The molecule has 4 nitrogen and oxygen atoms in total. The molecule has 0 radical (unpaired) electrons. The monoisotopic (exact) mass is 284 g/mol. The summed E-state index contributed by atoms with van der Waals surface area (Å²) < 4.78 is 5.32. The number of carbonyl (C=O) groups excluding carboxylic acids is 1. The normalized spacial score (nSPS) is 23.4. The van der Waals surface area contributed by atoms with Crippen LogP contribution in [0.1, 0.15) is 72.1 Å². The Balaban J connectivity index is 2.26. The van der Waals surface area contributed by atoms with Gasteiger partial charge in [-0.2, -0.15) is 0 Å². The van der Waals surface area contributed by atoms with Crippen molar-refractivity contribution in [3.05, 3.63) is 0 Å². The number of hydrogen-bond donors (Lipinski definition) is 1. The fourth-order valence-corrected chi connectivity index (χ4v) is 2.97. The van der Waals surface area contributed by atoms with Gasteiger partial charge in [0.05, 0.1) is 0 Å². The standard InChI is InChI=1S/C16H28O4/c1-16(2,3)20-15(19)10-8-13-6-4-5-12(11-13)7-9-14(17)18/h12-13H,4-11H2,1-3H3,(H,17,18)/t12-,13?/m0/s1. The molecule has 0 spiro atoms. The highest BCUT2D eigenvalue weighted by Gasteiger charge is 2.24. The lowest BCUT2D eigenvalue weighted by Crippen LogP contribution is -2.24. The van der Waals surface area contributed by atoms with Crippen LogP contribution >= 0.6 is 0 Å².